The zero-order chi connectivity index (χ0) is 9.30. The van der Waals surface area contributed by atoms with Gasteiger partial charge in [0.15, 0.2) is 0 Å². The third-order valence-electron chi connectivity index (χ3n) is 3.00. The molecule has 1 rings (SSSR count). The Bertz CT molecular complexity index is 181. The molecule has 1 aliphatic carbocycles. The van der Waals surface area contributed by atoms with Crippen LogP contribution in [0.15, 0.2) is 0 Å². The molecule has 0 radical (unpaired) electrons. The molecular weight excluding hydrogens is 154 g/mol. The smallest absolute Gasteiger partial charge is 0.306 e. The molecule has 1 saturated carbocycles. The third kappa shape index (κ3) is 1.78. The zero-order valence-electron chi connectivity index (χ0n) is 7.66. The zero-order valence-corrected chi connectivity index (χ0v) is 7.66. The van der Waals surface area contributed by atoms with Crippen molar-refractivity contribution >= 4 is 5.97 Å². The van der Waals surface area contributed by atoms with E-state index in [0.29, 0.717) is 12.3 Å². The van der Waals surface area contributed by atoms with Crippen LogP contribution in [0.25, 0.3) is 0 Å². The molecule has 0 spiro atoms. The highest BCUT2D eigenvalue weighted by molar-refractivity contribution is 5.70. The molecule has 4 atom stereocenters. The molecule has 0 aromatic rings. The fraction of sp³-hybridized carbons (Fsp3) is 0.889. The number of rotatable bonds is 1. The highest BCUT2D eigenvalue weighted by Gasteiger charge is 2.34. The van der Waals surface area contributed by atoms with Crippen LogP contribution in [0.1, 0.15) is 26.7 Å². The first-order valence-corrected chi connectivity index (χ1v) is 4.50. The van der Waals surface area contributed by atoms with E-state index in [1.54, 1.807) is 0 Å². The van der Waals surface area contributed by atoms with Gasteiger partial charge in [0.05, 0.1) is 5.92 Å². The maximum atomic E-state index is 10.8. The summed E-state index contributed by atoms with van der Waals surface area (Å²) in [6.07, 6.45) is 1.58. The molecule has 0 bridgehead atoms. The van der Waals surface area contributed by atoms with Gasteiger partial charge in [0, 0.05) is 6.04 Å². The molecule has 0 aliphatic heterocycles. The summed E-state index contributed by atoms with van der Waals surface area (Å²) >= 11 is 0. The van der Waals surface area contributed by atoms with Crippen molar-refractivity contribution in [3.63, 3.8) is 0 Å². The standard InChI is InChI=1S/C9H17NO2/c1-5-3-6(2)8(10)4-7(5)9(11)12/h5-8H,3-4,10H2,1-2H3,(H,11,12). The van der Waals surface area contributed by atoms with E-state index in [-0.39, 0.29) is 17.9 Å². The molecule has 1 fully saturated rings. The lowest BCUT2D eigenvalue weighted by atomic mass is 9.73. The Balaban J connectivity index is 2.61. The second-order valence-corrected chi connectivity index (χ2v) is 4.03. The van der Waals surface area contributed by atoms with Gasteiger partial charge >= 0.3 is 5.97 Å². The Morgan fingerprint density at radius 1 is 1.33 bits per heavy atom. The van der Waals surface area contributed by atoms with E-state index in [1.165, 1.54) is 0 Å². The average molecular weight is 171 g/mol. The molecule has 3 heteroatoms. The number of carboxylic acid groups (broad SMARTS) is 1. The molecular formula is C9H17NO2. The minimum atomic E-state index is -0.690. The van der Waals surface area contributed by atoms with Crippen molar-refractivity contribution in [1.82, 2.24) is 0 Å². The van der Waals surface area contributed by atoms with Gasteiger partial charge < -0.3 is 10.8 Å². The van der Waals surface area contributed by atoms with Gasteiger partial charge in [-0.3, -0.25) is 4.79 Å². The van der Waals surface area contributed by atoms with Gasteiger partial charge in [-0.2, -0.15) is 0 Å². The van der Waals surface area contributed by atoms with Gasteiger partial charge in [-0.05, 0) is 24.7 Å². The topological polar surface area (TPSA) is 63.3 Å². The first-order chi connectivity index (χ1) is 5.52. The molecule has 0 heterocycles. The van der Waals surface area contributed by atoms with Crippen molar-refractivity contribution in [3.05, 3.63) is 0 Å². The largest absolute Gasteiger partial charge is 0.481 e. The Kier molecular flexibility index (Phi) is 2.73. The van der Waals surface area contributed by atoms with Crippen LogP contribution in [0, 0.1) is 17.8 Å². The Labute approximate surface area is 72.9 Å². The number of hydrogen-bond donors (Lipinski definition) is 2. The number of carbonyl (C=O) groups is 1. The Hall–Kier alpha value is -0.570. The van der Waals surface area contributed by atoms with Crippen LogP contribution in [0.2, 0.25) is 0 Å². The van der Waals surface area contributed by atoms with Crippen LogP contribution in [-0.2, 0) is 4.79 Å². The summed E-state index contributed by atoms with van der Waals surface area (Å²) in [4.78, 5) is 10.8. The monoisotopic (exact) mass is 171 g/mol. The van der Waals surface area contributed by atoms with Gasteiger partial charge in [0.2, 0.25) is 0 Å². The van der Waals surface area contributed by atoms with Crippen LogP contribution in [0.3, 0.4) is 0 Å². The van der Waals surface area contributed by atoms with Crippen molar-refractivity contribution in [1.29, 1.82) is 0 Å². The molecule has 4 unspecified atom stereocenters. The lowest BCUT2D eigenvalue weighted by Crippen LogP contribution is -2.41. The predicted molar refractivity (Wildman–Crippen MR) is 46.7 cm³/mol. The minimum absolute atomic E-state index is 0.0716. The number of nitrogens with two attached hydrogens (primary N) is 1. The van der Waals surface area contributed by atoms with E-state index in [1.807, 2.05) is 6.92 Å². The van der Waals surface area contributed by atoms with E-state index >= 15 is 0 Å². The highest BCUT2D eigenvalue weighted by atomic mass is 16.4. The molecule has 12 heavy (non-hydrogen) atoms. The van der Waals surface area contributed by atoms with Crippen LogP contribution < -0.4 is 5.73 Å². The van der Waals surface area contributed by atoms with E-state index in [0.717, 1.165) is 6.42 Å². The molecule has 0 amide bonds. The quantitative estimate of drug-likeness (QED) is 0.620. The second-order valence-electron chi connectivity index (χ2n) is 4.03. The first-order valence-electron chi connectivity index (χ1n) is 4.50. The molecule has 0 aromatic carbocycles. The van der Waals surface area contributed by atoms with E-state index in [4.69, 9.17) is 10.8 Å². The fourth-order valence-corrected chi connectivity index (χ4v) is 2.03. The average Bonchev–Trinajstić information content (AvgIpc) is 1.96. The molecule has 70 valence electrons. The number of carboxylic acids is 1. The number of hydrogen-bond acceptors (Lipinski definition) is 2. The van der Waals surface area contributed by atoms with Gasteiger partial charge in [0.25, 0.3) is 0 Å². The summed E-state index contributed by atoms with van der Waals surface area (Å²) < 4.78 is 0. The highest BCUT2D eigenvalue weighted by Crippen LogP contribution is 2.32. The van der Waals surface area contributed by atoms with E-state index in [9.17, 15) is 4.79 Å². The van der Waals surface area contributed by atoms with Crippen LogP contribution in [0.5, 0.6) is 0 Å². The van der Waals surface area contributed by atoms with Crippen LogP contribution in [0.4, 0.5) is 0 Å². The Morgan fingerprint density at radius 3 is 2.42 bits per heavy atom. The lowest BCUT2D eigenvalue weighted by molar-refractivity contribution is -0.145. The van der Waals surface area contributed by atoms with Gasteiger partial charge in [-0.25, -0.2) is 0 Å². The van der Waals surface area contributed by atoms with Crippen molar-refractivity contribution in [2.45, 2.75) is 32.7 Å². The summed E-state index contributed by atoms with van der Waals surface area (Å²) in [5.41, 5.74) is 5.81. The normalized spacial score (nSPS) is 42.6. The first kappa shape index (κ1) is 9.52. The molecule has 0 saturated heterocycles. The maximum Gasteiger partial charge on any atom is 0.306 e. The molecule has 1 aliphatic rings. The second kappa shape index (κ2) is 3.44. The molecule has 3 N–H and O–H groups in total. The van der Waals surface area contributed by atoms with Gasteiger partial charge in [0.1, 0.15) is 0 Å². The van der Waals surface area contributed by atoms with Gasteiger partial charge in [-0.1, -0.05) is 13.8 Å². The SMILES string of the molecule is CC1CC(C)C(C(=O)O)CC1N. The minimum Gasteiger partial charge on any atom is -0.481 e. The van der Waals surface area contributed by atoms with E-state index in [2.05, 4.69) is 6.92 Å². The third-order valence-corrected chi connectivity index (χ3v) is 3.00. The molecule has 0 aromatic heterocycles. The maximum absolute atomic E-state index is 10.8. The number of aliphatic carboxylic acids is 1. The van der Waals surface area contributed by atoms with Crippen LogP contribution >= 0.6 is 0 Å². The summed E-state index contributed by atoms with van der Waals surface area (Å²) in [7, 11) is 0. The van der Waals surface area contributed by atoms with Crippen molar-refractivity contribution < 1.29 is 9.90 Å². The predicted octanol–water partition coefficient (Wildman–Crippen LogP) is 1.08. The summed E-state index contributed by atoms with van der Waals surface area (Å²) in [5, 5.41) is 8.86. The van der Waals surface area contributed by atoms with Crippen LogP contribution in [-0.4, -0.2) is 17.1 Å². The molecule has 3 nitrogen and oxygen atoms in total. The summed E-state index contributed by atoms with van der Waals surface area (Å²) in [6.45, 7) is 4.10. The van der Waals surface area contributed by atoms with Crippen molar-refractivity contribution in [3.8, 4) is 0 Å². The summed E-state index contributed by atoms with van der Waals surface area (Å²) in [5.74, 6) is -0.172. The van der Waals surface area contributed by atoms with Crippen molar-refractivity contribution in [2.75, 3.05) is 0 Å². The van der Waals surface area contributed by atoms with Crippen molar-refractivity contribution in [2.24, 2.45) is 23.5 Å². The van der Waals surface area contributed by atoms with Gasteiger partial charge in [-0.15, -0.1) is 0 Å². The Morgan fingerprint density at radius 2 is 1.92 bits per heavy atom. The van der Waals surface area contributed by atoms with E-state index < -0.39 is 5.97 Å². The summed E-state index contributed by atoms with van der Waals surface area (Å²) in [6, 6.07) is 0.0716. The fourth-order valence-electron chi connectivity index (χ4n) is 2.03. The lowest BCUT2D eigenvalue weighted by Gasteiger charge is -2.34.